The van der Waals surface area contributed by atoms with Crippen LogP contribution < -0.4 is 0 Å². The molecule has 0 aliphatic carbocycles. The third kappa shape index (κ3) is 3.96. The van der Waals surface area contributed by atoms with E-state index in [1.165, 1.54) is 34.9 Å². The van der Waals surface area contributed by atoms with Gasteiger partial charge >= 0.3 is 5.97 Å². The maximum atomic E-state index is 13.1. The summed E-state index contributed by atoms with van der Waals surface area (Å²) in [5.74, 6) is -0.820. The van der Waals surface area contributed by atoms with Gasteiger partial charge in [0, 0.05) is 12.1 Å². The van der Waals surface area contributed by atoms with Gasteiger partial charge in [0.05, 0.1) is 27.5 Å². The average molecular weight is 437 g/mol. The number of nitro benzene ring substituents is 1. The number of hydrogen-bond acceptors (Lipinski definition) is 7. The van der Waals surface area contributed by atoms with Crippen LogP contribution in [0.2, 0.25) is 0 Å². The highest BCUT2D eigenvalue weighted by molar-refractivity contribution is 8.15. The highest BCUT2D eigenvalue weighted by atomic mass is 32.2. The molecule has 0 N–H and O–H groups in total. The second-order valence-electron chi connectivity index (χ2n) is 7.18. The van der Waals surface area contributed by atoms with Crippen LogP contribution in [0.1, 0.15) is 31.0 Å². The number of amides is 1. The number of benzene rings is 2. The van der Waals surface area contributed by atoms with Crippen LogP contribution in [0.4, 0.5) is 5.69 Å². The maximum Gasteiger partial charge on any atom is 0.338 e. The summed E-state index contributed by atoms with van der Waals surface area (Å²) >= 11 is 1.30. The molecular weight excluding hydrogens is 418 g/mol. The van der Waals surface area contributed by atoms with Crippen molar-refractivity contribution >= 4 is 34.5 Å². The first-order chi connectivity index (χ1) is 14.9. The van der Waals surface area contributed by atoms with Crippen LogP contribution in [0, 0.1) is 10.1 Å². The molecule has 8 nitrogen and oxygen atoms in total. The van der Waals surface area contributed by atoms with Crippen LogP contribution in [0.15, 0.2) is 70.9 Å². The Morgan fingerprint density at radius 1 is 1.23 bits per heavy atom. The van der Waals surface area contributed by atoms with E-state index in [4.69, 9.17) is 4.74 Å². The molecule has 1 saturated heterocycles. The lowest BCUT2D eigenvalue weighted by atomic mass is 9.94. The number of allylic oxidation sites excluding steroid dienone is 1. The van der Waals surface area contributed by atoms with E-state index >= 15 is 0 Å². The highest BCUT2D eigenvalue weighted by Gasteiger charge is 2.46. The summed E-state index contributed by atoms with van der Waals surface area (Å²) in [5, 5.41) is 11.4. The normalized spacial score (nSPS) is 20.4. The number of non-ortho nitro benzene ring substituents is 1. The SMILES string of the molecule is CC1=C(C(=O)OCc2ccccc2)[C@@H](c2cccc([N+](=O)[O-])c2)N2C(=O)[C@H](C)SC2=N1. The number of rotatable bonds is 5. The summed E-state index contributed by atoms with van der Waals surface area (Å²) in [6.45, 7) is 3.51. The molecule has 31 heavy (non-hydrogen) atoms. The number of carbonyl (C=O) groups excluding carboxylic acids is 2. The van der Waals surface area contributed by atoms with Gasteiger partial charge in [0.25, 0.3) is 5.69 Å². The molecule has 0 spiro atoms. The zero-order valence-corrected chi connectivity index (χ0v) is 17.7. The monoisotopic (exact) mass is 437 g/mol. The molecule has 2 aromatic rings. The van der Waals surface area contributed by atoms with Gasteiger partial charge in [-0.15, -0.1) is 0 Å². The standard InChI is InChI=1S/C22H19N3O5S/c1-13-18(21(27)30-12-15-7-4-3-5-8-15)19(16-9-6-10-17(11-16)25(28)29)24-20(26)14(2)31-22(24)23-13/h3-11,14,19H,12H2,1-2H3/t14-,19+/m0/s1. The lowest BCUT2D eigenvalue weighted by Crippen LogP contribution is -2.40. The first-order valence-electron chi connectivity index (χ1n) is 9.61. The first-order valence-corrected chi connectivity index (χ1v) is 10.5. The van der Waals surface area contributed by atoms with Crippen molar-refractivity contribution in [3.8, 4) is 0 Å². The number of ether oxygens (including phenoxy) is 1. The predicted octanol–water partition coefficient (Wildman–Crippen LogP) is 3.99. The van der Waals surface area contributed by atoms with Gasteiger partial charge in [-0.1, -0.05) is 54.2 Å². The van der Waals surface area contributed by atoms with Crippen molar-refractivity contribution in [1.29, 1.82) is 0 Å². The molecule has 158 valence electrons. The molecule has 2 aromatic carbocycles. The number of aliphatic imine (C=N–C) groups is 1. The molecule has 0 aromatic heterocycles. The molecule has 1 fully saturated rings. The fraction of sp³-hybridized carbons (Fsp3) is 0.227. The molecule has 2 aliphatic heterocycles. The molecule has 1 amide bonds. The van der Waals surface area contributed by atoms with Crippen molar-refractivity contribution in [3.05, 3.63) is 87.1 Å². The van der Waals surface area contributed by atoms with E-state index in [0.29, 0.717) is 16.4 Å². The minimum Gasteiger partial charge on any atom is -0.457 e. The summed E-state index contributed by atoms with van der Waals surface area (Å²) in [7, 11) is 0. The molecule has 0 radical (unpaired) electrons. The number of nitro groups is 1. The van der Waals surface area contributed by atoms with Gasteiger partial charge < -0.3 is 4.74 Å². The number of thioether (sulfide) groups is 1. The van der Waals surface area contributed by atoms with Gasteiger partial charge in [-0.05, 0) is 25.0 Å². The van der Waals surface area contributed by atoms with Gasteiger partial charge in [-0.25, -0.2) is 9.79 Å². The second kappa shape index (κ2) is 8.35. The van der Waals surface area contributed by atoms with Crippen molar-refractivity contribution in [1.82, 2.24) is 4.90 Å². The number of fused-ring (bicyclic) bond motifs is 1. The smallest absolute Gasteiger partial charge is 0.338 e. The predicted molar refractivity (Wildman–Crippen MR) is 116 cm³/mol. The number of amidine groups is 1. The number of carbonyl (C=O) groups is 2. The minimum atomic E-state index is -0.847. The Kier molecular flexibility index (Phi) is 5.60. The zero-order valence-electron chi connectivity index (χ0n) is 16.8. The summed E-state index contributed by atoms with van der Waals surface area (Å²) in [4.78, 5) is 42.8. The molecular formula is C22H19N3O5S. The Morgan fingerprint density at radius 2 is 1.97 bits per heavy atom. The van der Waals surface area contributed by atoms with Gasteiger partial charge in [-0.2, -0.15) is 0 Å². The van der Waals surface area contributed by atoms with Crippen LogP contribution in [0.25, 0.3) is 0 Å². The van der Waals surface area contributed by atoms with Crippen molar-refractivity contribution < 1.29 is 19.2 Å². The van der Waals surface area contributed by atoms with E-state index < -0.39 is 16.9 Å². The Morgan fingerprint density at radius 3 is 2.68 bits per heavy atom. The molecule has 4 rings (SSSR count). The number of esters is 1. The molecule has 2 aliphatic rings. The van der Waals surface area contributed by atoms with Crippen LogP contribution in [0.5, 0.6) is 0 Å². The van der Waals surface area contributed by atoms with Crippen molar-refractivity contribution in [2.75, 3.05) is 0 Å². The molecule has 0 bridgehead atoms. The van der Waals surface area contributed by atoms with E-state index in [1.807, 2.05) is 30.3 Å². The Labute approximate surface area is 182 Å². The fourth-order valence-electron chi connectivity index (χ4n) is 3.59. The van der Waals surface area contributed by atoms with E-state index in [1.54, 1.807) is 19.9 Å². The molecule has 0 saturated carbocycles. The lowest BCUT2D eigenvalue weighted by Gasteiger charge is -2.32. The van der Waals surface area contributed by atoms with Crippen LogP contribution in [-0.2, 0) is 20.9 Å². The summed E-state index contributed by atoms with van der Waals surface area (Å²) in [6, 6.07) is 14.3. The molecule has 9 heteroatoms. The molecule has 2 atom stereocenters. The van der Waals surface area contributed by atoms with Crippen molar-refractivity contribution in [3.63, 3.8) is 0 Å². The van der Waals surface area contributed by atoms with Crippen LogP contribution >= 0.6 is 11.8 Å². The quantitative estimate of drug-likeness (QED) is 0.398. The van der Waals surface area contributed by atoms with Crippen molar-refractivity contribution in [2.24, 2.45) is 4.99 Å². The van der Waals surface area contributed by atoms with E-state index in [0.717, 1.165) is 5.56 Å². The Bertz CT molecular complexity index is 1130. The minimum absolute atomic E-state index is 0.0633. The largest absolute Gasteiger partial charge is 0.457 e. The van der Waals surface area contributed by atoms with E-state index in [-0.39, 0.29) is 29.0 Å². The van der Waals surface area contributed by atoms with Crippen LogP contribution in [0.3, 0.4) is 0 Å². The summed E-state index contributed by atoms with van der Waals surface area (Å²) in [6.07, 6.45) is 0. The maximum absolute atomic E-state index is 13.1. The van der Waals surface area contributed by atoms with E-state index in [9.17, 15) is 19.7 Å². The average Bonchev–Trinajstić information content (AvgIpc) is 3.04. The topological polar surface area (TPSA) is 102 Å². The van der Waals surface area contributed by atoms with Crippen LogP contribution in [-0.4, -0.2) is 32.1 Å². The zero-order chi connectivity index (χ0) is 22.1. The summed E-state index contributed by atoms with van der Waals surface area (Å²) < 4.78 is 5.53. The molecule has 0 unspecified atom stereocenters. The second-order valence-corrected chi connectivity index (χ2v) is 8.49. The van der Waals surface area contributed by atoms with E-state index in [2.05, 4.69) is 4.99 Å². The molecule has 2 heterocycles. The van der Waals surface area contributed by atoms with Gasteiger partial charge in [0.2, 0.25) is 5.91 Å². The first kappa shape index (κ1) is 20.8. The lowest BCUT2D eigenvalue weighted by molar-refractivity contribution is -0.384. The third-order valence-corrected chi connectivity index (χ3v) is 6.14. The Balaban J connectivity index is 1.74. The third-order valence-electron chi connectivity index (χ3n) is 5.09. The number of hydrogen-bond donors (Lipinski definition) is 0. The highest BCUT2D eigenvalue weighted by Crippen LogP contribution is 2.43. The number of nitrogens with zero attached hydrogens (tertiary/aromatic N) is 3. The van der Waals surface area contributed by atoms with Gasteiger partial charge in [0.1, 0.15) is 6.61 Å². The van der Waals surface area contributed by atoms with Gasteiger partial charge in [0.15, 0.2) is 5.17 Å². The fourth-order valence-corrected chi connectivity index (χ4v) is 4.62. The Hall–Kier alpha value is -3.46. The summed E-state index contributed by atoms with van der Waals surface area (Å²) in [5.41, 5.74) is 1.78. The van der Waals surface area contributed by atoms with Gasteiger partial charge in [-0.3, -0.25) is 19.8 Å². The van der Waals surface area contributed by atoms with Crippen molar-refractivity contribution in [2.45, 2.75) is 31.7 Å².